The molecule has 0 atom stereocenters. The van der Waals surface area contributed by atoms with Crippen LogP contribution in [0.25, 0.3) is 16.7 Å². The predicted octanol–water partition coefficient (Wildman–Crippen LogP) is 5.13. The number of hydrogen-bond acceptors (Lipinski definition) is 6. The number of hydrogen-bond donors (Lipinski definition) is 0. The normalized spacial score (nSPS) is 13.8. The Hall–Kier alpha value is -3.46. The van der Waals surface area contributed by atoms with E-state index in [9.17, 15) is 9.18 Å². The quantitative estimate of drug-likeness (QED) is 0.279. The van der Waals surface area contributed by atoms with Crippen molar-refractivity contribution >= 4 is 28.7 Å². The second-order valence-corrected chi connectivity index (χ2v) is 8.70. The molecule has 1 amide bonds. The average Bonchev–Trinajstić information content (AvgIpc) is 3.52. The van der Waals surface area contributed by atoms with Gasteiger partial charge in [0.25, 0.3) is 0 Å². The lowest BCUT2D eigenvalue weighted by molar-refractivity contribution is -0.127. The third-order valence-corrected chi connectivity index (χ3v) is 6.53. The van der Waals surface area contributed by atoms with Crippen LogP contribution in [0.15, 0.2) is 76.4 Å². The molecule has 0 spiro atoms. The monoisotopic (exact) mass is 463 g/mol. The van der Waals surface area contributed by atoms with Gasteiger partial charge in [0.1, 0.15) is 22.9 Å². The van der Waals surface area contributed by atoms with Crippen molar-refractivity contribution in [3.8, 4) is 5.69 Å². The van der Waals surface area contributed by atoms with Crippen LogP contribution < -0.4 is 0 Å². The minimum absolute atomic E-state index is 0.00207. The van der Waals surface area contributed by atoms with E-state index in [2.05, 4.69) is 21.1 Å². The molecule has 0 fully saturated rings. The summed E-state index contributed by atoms with van der Waals surface area (Å²) in [6.07, 6.45) is 11.0. The molecule has 168 valence electrons. The summed E-state index contributed by atoms with van der Waals surface area (Å²) in [7, 11) is 0. The Morgan fingerprint density at radius 1 is 1.18 bits per heavy atom. The van der Waals surface area contributed by atoms with Gasteiger partial charge in [-0.2, -0.15) is 5.10 Å². The molecule has 33 heavy (non-hydrogen) atoms. The summed E-state index contributed by atoms with van der Waals surface area (Å²) in [6, 6.07) is 9.76. The molecule has 4 aromatic rings. The van der Waals surface area contributed by atoms with Crippen LogP contribution in [0.4, 0.5) is 4.39 Å². The van der Waals surface area contributed by atoms with Crippen molar-refractivity contribution in [3.05, 3.63) is 78.5 Å². The molecule has 5 rings (SSSR count). The largest absolute Gasteiger partial charge is 0.467 e. The fourth-order valence-electron chi connectivity index (χ4n) is 3.89. The second kappa shape index (κ2) is 9.58. The molecule has 0 N–H and O–H groups in total. The number of furan rings is 1. The van der Waals surface area contributed by atoms with Gasteiger partial charge in [0.2, 0.25) is 5.91 Å². The summed E-state index contributed by atoms with van der Waals surface area (Å²) in [5.41, 5.74) is 2.36. The number of carbonyl (C=O) groups excluding carboxylic acids is 1. The molecule has 9 heteroatoms. The zero-order chi connectivity index (χ0) is 22.6. The van der Waals surface area contributed by atoms with Crippen LogP contribution in [0, 0.1) is 5.82 Å². The Labute approximate surface area is 194 Å². The molecule has 1 aliphatic rings. The summed E-state index contributed by atoms with van der Waals surface area (Å²) in [4.78, 5) is 23.8. The molecule has 3 aromatic heterocycles. The Bertz CT molecular complexity index is 1280. The maximum atomic E-state index is 13.3. The zero-order valence-electron chi connectivity index (χ0n) is 17.9. The number of nitrogens with zero attached hydrogens (tertiary/aromatic N) is 5. The van der Waals surface area contributed by atoms with E-state index in [0.717, 1.165) is 42.5 Å². The van der Waals surface area contributed by atoms with E-state index in [-0.39, 0.29) is 17.5 Å². The van der Waals surface area contributed by atoms with Gasteiger partial charge in [-0.25, -0.2) is 19.0 Å². The van der Waals surface area contributed by atoms with Crippen LogP contribution >= 0.6 is 11.8 Å². The number of rotatable bonds is 7. The lowest BCUT2D eigenvalue weighted by Crippen LogP contribution is -2.32. The number of benzene rings is 1. The maximum absolute atomic E-state index is 13.3. The third kappa shape index (κ3) is 4.68. The maximum Gasteiger partial charge on any atom is 0.237 e. The minimum Gasteiger partial charge on any atom is -0.467 e. The summed E-state index contributed by atoms with van der Waals surface area (Å²) < 4.78 is 20.4. The van der Waals surface area contributed by atoms with Crippen molar-refractivity contribution in [1.29, 1.82) is 0 Å². The number of amides is 1. The first-order chi connectivity index (χ1) is 16.2. The van der Waals surface area contributed by atoms with E-state index in [0.29, 0.717) is 22.9 Å². The van der Waals surface area contributed by atoms with Crippen molar-refractivity contribution in [1.82, 2.24) is 24.6 Å². The molecule has 0 unspecified atom stereocenters. The molecule has 1 aliphatic carbocycles. The molecule has 1 aromatic carbocycles. The van der Waals surface area contributed by atoms with Gasteiger partial charge in [-0.1, -0.05) is 17.8 Å². The van der Waals surface area contributed by atoms with E-state index in [4.69, 9.17) is 4.42 Å². The summed E-state index contributed by atoms with van der Waals surface area (Å²) in [6.45, 7) is 0.417. The molecule has 0 radical (unpaired) electrons. The van der Waals surface area contributed by atoms with Gasteiger partial charge in [-0.3, -0.25) is 4.79 Å². The fourth-order valence-corrected chi connectivity index (χ4v) is 4.73. The molecule has 0 bridgehead atoms. The van der Waals surface area contributed by atoms with Crippen LogP contribution in [0.1, 0.15) is 31.4 Å². The highest BCUT2D eigenvalue weighted by Gasteiger charge is 2.22. The van der Waals surface area contributed by atoms with Crippen LogP contribution in [0.5, 0.6) is 0 Å². The smallest absolute Gasteiger partial charge is 0.237 e. The van der Waals surface area contributed by atoms with Crippen LogP contribution in [-0.4, -0.2) is 36.3 Å². The van der Waals surface area contributed by atoms with Gasteiger partial charge in [-0.15, -0.1) is 0 Å². The number of halogens is 1. The van der Waals surface area contributed by atoms with Gasteiger partial charge in [0.05, 0.1) is 35.8 Å². The van der Waals surface area contributed by atoms with Gasteiger partial charge < -0.3 is 9.32 Å². The average molecular weight is 464 g/mol. The Balaban J connectivity index is 1.36. The summed E-state index contributed by atoms with van der Waals surface area (Å²) in [5.74, 6) is 0.671. The SMILES string of the molecule is O=C(CSc1ncnc2c1cnn2-c1ccc(F)cc1)N(Cc1ccco1)C1=CCCCC1. The van der Waals surface area contributed by atoms with Crippen LogP contribution in [0.2, 0.25) is 0 Å². The highest BCUT2D eigenvalue weighted by atomic mass is 32.2. The van der Waals surface area contributed by atoms with E-state index >= 15 is 0 Å². The second-order valence-electron chi connectivity index (χ2n) is 7.74. The number of aromatic nitrogens is 4. The van der Waals surface area contributed by atoms with E-state index < -0.39 is 0 Å². The molecule has 0 aliphatic heterocycles. The Morgan fingerprint density at radius 2 is 2.06 bits per heavy atom. The molecular weight excluding hydrogens is 441 g/mol. The fraction of sp³-hybridized carbons (Fsp3) is 0.250. The third-order valence-electron chi connectivity index (χ3n) is 5.54. The molecule has 7 nitrogen and oxygen atoms in total. The predicted molar refractivity (Wildman–Crippen MR) is 123 cm³/mol. The van der Waals surface area contributed by atoms with Gasteiger partial charge in [-0.05, 0) is 62.1 Å². The van der Waals surface area contributed by atoms with Crippen LogP contribution in [-0.2, 0) is 11.3 Å². The summed E-state index contributed by atoms with van der Waals surface area (Å²) in [5, 5.41) is 5.83. The molecule has 0 saturated carbocycles. The highest BCUT2D eigenvalue weighted by molar-refractivity contribution is 8.00. The molecule has 3 heterocycles. The minimum atomic E-state index is -0.313. The standard InChI is InChI=1S/C24H22FN5O2S/c25-17-8-10-19(11-9-17)30-23-21(13-28-30)24(27-16-26-23)33-15-22(31)29(14-20-7-4-12-32-20)18-5-2-1-3-6-18/h4-5,7-13,16H,1-3,6,14-15H2. The Kier molecular flexibility index (Phi) is 6.21. The highest BCUT2D eigenvalue weighted by Crippen LogP contribution is 2.28. The number of thioether (sulfide) groups is 1. The first-order valence-corrected chi connectivity index (χ1v) is 11.8. The number of carbonyl (C=O) groups is 1. The number of fused-ring (bicyclic) bond motifs is 1. The van der Waals surface area contributed by atoms with Crippen molar-refractivity contribution in [2.45, 2.75) is 37.3 Å². The molecule has 0 saturated heterocycles. The lowest BCUT2D eigenvalue weighted by Gasteiger charge is -2.27. The van der Waals surface area contributed by atoms with Gasteiger partial charge in [0.15, 0.2) is 5.65 Å². The zero-order valence-corrected chi connectivity index (χ0v) is 18.7. The Morgan fingerprint density at radius 3 is 2.82 bits per heavy atom. The lowest BCUT2D eigenvalue weighted by atomic mass is 10.0. The van der Waals surface area contributed by atoms with Crippen molar-refractivity contribution in [2.24, 2.45) is 0 Å². The van der Waals surface area contributed by atoms with Crippen molar-refractivity contribution in [2.75, 3.05) is 5.75 Å². The van der Waals surface area contributed by atoms with Gasteiger partial charge >= 0.3 is 0 Å². The van der Waals surface area contributed by atoms with Gasteiger partial charge in [0, 0.05) is 5.70 Å². The van der Waals surface area contributed by atoms with Crippen molar-refractivity contribution in [3.63, 3.8) is 0 Å². The van der Waals surface area contributed by atoms with E-state index in [1.54, 1.807) is 29.3 Å². The summed E-state index contributed by atoms with van der Waals surface area (Å²) >= 11 is 1.36. The molecular formula is C24H22FN5O2S. The van der Waals surface area contributed by atoms with Crippen LogP contribution in [0.3, 0.4) is 0 Å². The first kappa shape index (κ1) is 21.4. The van der Waals surface area contributed by atoms with Crippen molar-refractivity contribution < 1.29 is 13.6 Å². The topological polar surface area (TPSA) is 77.1 Å². The first-order valence-electron chi connectivity index (χ1n) is 10.8. The van der Waals surface area contributed by atoms with E-state index in [1.165, 1.54) is 30.2 Å². The number of allylic oxidation sites excluding steroid dienone is 2. The van der Waals surface area contributed by atoms with E-state index in [1.807, 2.05) is 17.0 Å².